The number of H-pyrrole nitrogens is 1. The molecule has 0 saturated carbocycles. The molecule has 3 rings (SSSR count). The lowest BCUT2D eigenvalue weighted by Crippen LogP contribution is -2.05. The zero-order chi connectivity index (χ0) is 16.9. The van der Waals surface area contributed by atoms with Crippen molar-refractivity contribution in [1.29, 1.82) is 0 Å². The minimum atomic E-state index is -0.720. The summed E-state index contributed by atoms with van der Waals surface area (Å²) in [6.07, 6.45) is -0.720. The molecule has 24 heavy (non-hydrogen) atoms. The summed E-state index contributed by atoms with van der Waals surface area (Å²) in [6.45, 7) is 2.12. The molecular formula is C18H17N3O3. The van der Waals surface area contributed by atoms with Crippen LogP contribution in [0.5, 0.6) is 0 Å². The van der Waals surface area contributed by atoms with Crippen LogP contribution in [0.25, 0.3) is 22.8 Å². The summed E-state index contributed by atoms with van der Waals surface area (Å²) in [5, 5.41) is 7.24. The number of ether oxygens (including phenoxy) is 2. The Morgan fingerprint density at radius 1 is 1.17 bits per heavy atom. The lowest BCUT2D eigenvalue weighted by molar-refractivity contribution is 0.0670. The van der Waals surface area contributed by atoms with Crippen molar-refractivity contribution >= 4 is 6.16 Å². The number of aromatic amines is 1. The van der Waals surface area contributed by atoms with E-state index in [-0.39, 0.29) is 6.61 Å². The van der Waals surface area contributed by atoms with Crippen molar-refractivity contribution in [3.8, 4) is 22.8 Å². The Morgan fingerprint density at radius 3 is 2.79 bits per heavy atom. The summed E-state index contributed by atoms with van der Waals surface area (Å²) in [5.41, 5.74) is 3.73. The maximum Gasteiger partial charge on any atom is 0.508 e. The fourth-order valence-electron chi connectivity index (χ4n) is 2.37. The molecule has 0 aliphatic rings. The minimum absolute atomic E-state index is 0.101. The first-order chi connectivity index (χ1) is 11.7. The number of aryl methyl sites for hydroxylation is 1. The molecule has 0 unspecified atom stereocenters. The average Bonchev–Trinajstić information content (AvgIpc) is 3.10. The van der Waals surface area contributed by atoms with Gasteiger partial charge in [-0.15, -0.1) is 0 Å². The fourth-order valence-corrected chi connectivity index (χ4v) is 2.37. The molecule has 6 nitrogen and oxygen atoms in total. The summed E-state index contributed by atoms with van der Waals surface area (Å²) < 4.78 is 9.52. The van der Waals surface area contributed by atoms with E-state index in [4.69, 9.17) is 4.74 Å². The van der Waals surface area contributed by atoms with Gasteiger partial charge in [-0.25, -0.2) is 9.78 Å². The molecule has 0 fully saturated rings. The zero-order valence-electron chi connectivity index (χ0n) is 13.4. The van der Waals surface area contributed by atoms with Crippen LogP contribution >= 0.6 is 0 Å². The van der Waals surface area contributed by atoms with Gasteiger partial charge >= 0.3 is 6.16 Å². The predicted molar refractivity (Wildman–Crippen MR) is 89.2 cm³/mol. The van der Waals surface area contributed by atoms with Crippen LogP contribution in [0.4, 0.5) is 4.79 Å². The van der Waals surface area contributed by atoms with Crippen LogP contribution in [0.3, 0.4) is 0 Å². The zero-order valence-corrected chi connectivity index (χ0v) is 13.4. The predicted octanol–water partition coefficient (Wildman–Crippen LogP) is 3.73. The van der Waals surface area contributed by atoms with E-state index in [1.165, 1.54) is 7.11 Å². The van der Waals surface area contributed by atoms with E-state index in [2.05, 4.69) is 19.9 Å². The molecule has 122 valence electrons. The molecule has 0 saturated heterocycles. The van der Waals surface area contributed by atoms with Crippen molar-refractivity contribution in [1.82, 2.24) is 15.2 Å². The van der Waals surface area contributed by atoms with E-state index < -0.39 is 6.16 Å². The molecule has 0 radical (unpaired) electrons. The smallest absolute Gasteiger partial charge is 0.438 e. The quantitative estimate of drug-likeness (QED) is 0.740. The molecule has 1 N–H and O–H groups in total. The van der Waals surface area contributed by atoms with Crippen LogP contribution in [0.2, 0.25) is 0 Å². The number of rotatable bonds is 4. The molecule has 2 aromatic carbocycles. The van der Waals surface area contributed by atoms with Crippen LogP contribution in [0.1, 0.15) is 11.1 Å². The van der Waals surface area contributed by atoms with Gasteiger partial charge in [-0.3, -0.25) is 5.10 Å². The van der Waals surface area contributed by atoms with Crippen molar-refractivity contribution in [2.45, 2.75) is 13.5 Å². The van der Waals surface area contributed by atoms with Gasteiger partial charge in [0.05, 0.1) is 7.11 Å². The molecule has 0 amide bonds. The number of carbonyl (C=O) groups excluding carboxylic acids is 1. The summed E-state index contributed by atoms with van der Waals surface area (Å²) in [5.74, 6) is 1.24. The van der Waals surface area contributed by atoms with E-state index >= 15 is 0 Å². The highest BCUT2D eigenvalue weighted by atomic mass is 16.7. The second-order valence-electron chi connectivity index (χ2n) is 5.28. The van der Waals surface area contributed by atoms with E-state index in [1.54, 1.807) is 0 Å². The third-order valence-electron chi connectivity index (χ3n) is 3.55. The molecule has 3 aromatic rings. The summed E-state index contributed by atoms with van der Waals surface area (Å²) >= 11 is 0. The van der Waals surface area contributed by atoms with Crippen LogP contribution in [-0.2, 0) is 16.1 Å². The first kappa shape index (κ1) is 15.7. The van der Waals surface area contributed by atoms with Gasteiger partial charge in [0, 0.05) is 16.7 Å². The van der Waals surface area contributed by atoms with Gasteiger partial charge < -0.3 is 9.47 Å². The number of aromatic nitrogens is 3. The van der Waals surface area contributed by atoms with Crippen molar-refractivity contribution in [3.05, 3.63) is 59.7 Å². The first-order valence-corrected chi connectivity index (χ1v) is 7.46. The molecule has 0 bridgehead atoms. The third kappa shape index (κ3) is 3.43. The number of carbonyl (C=O) groups is 1. The topological polar surface area (TPSA) is 77.1 Å². The van der Waals surface area contributed by atoms with E-state index in [0.29, 0.717) is 11.6 Å². The standard InChI is InChI=1S/C18H17N3O3/c1-12-6-5-8-13(10-12)16-19-17(21-20-16)15-9-4-3-7-14(15)11-24-18(22)23-2/h3-10H,11H2,1-2H3,(H,19,20,21). The van der Waals surface area contributed by atoms with Gasteiger partial charge in [0.15, 0.2) is 11.6 Å². The number of hydrogen-bond acceptors (Lipinski definition) is 5. The number of methoxy groups -OCH3 is 1. The Hall–Kier alpha value is -3.15. The second kappa shape index (κ2) is 6.95. The van der Waals surface area contributed by atoms with E-state index in [9.17, 15) is 4.79 Å². The Labute approximate surface area is 139 Å². The molecule has 0 aliphatic carbocycles. The van der Waals surface area contributed by atoms with Gasteiger partial charge in [-0.1, -0.05) is 48.0 Å². The molecule has 0 atom stereocenters. The van der Waals surface area contributed by atoms with Gasteiger partial charge in [0.1, 0.15) is 6.61 Å². The second-order valence-corrected chi connectivity index (χ2v) is 5.28. The fraction of sp³-hybridized carbons (Fsp3) is 0.167. The van der Waals surface area contributed by atoms with Crippen molar-refractivity contribution in [3.63, 3.8) is 0 Å². The molecule has 0 aliphatic heterocycles. The number of nitrogens with zero attached hydrogens (tertiary/aromatic N) is 2. The Bertz CT molecular complexity index is 858. The van der Waals surface area contributed by atoms with Gasteiger partial charge in [0.25, 0.3) is 0 Å². The number of hydrogen-bond donors (Lipinski definition) is 1. The summed E-state index contributed by atoms with van der Waals surface area (Å²) in [6, 6.07) is 15.5. The third-order valence-corrected chi connectivity index (χ3v) is 3.55. The van der Waals surface area contributed by atoms with Crippen LogP contribution in [-0.4, -0.2) is 28.4 Å². The Balaban J connectivity index is 1.89. The first-order valence-electron chi connectivity index (χ1n) is 7.46. The van der Waals surface area contributed by atoms with Crippen LogP contribution < -0.4 is 0 Å². The normalized spacial score (nSPS) is 10.4. The maximum absolute atomic E-state index is 11.2. The van der Waals surface area contributed by atoms with Crippen molar-refractivity contribution in [2.24, 2.45) is 0 Å². The minimum Gasteiger partial charge on any atom is -0.438 e. The molecule has 0 spiro atoms. The number of benzene rings is 2. The van der Waals surface area contributed by atoms with Gasteiger partial charge in [0.2, 0.25) is 0 Å². The number of nitrogens with one attached hydrogen (secondary N) is 1. The molecular weight excluding hydrogens is 306 g/mol. The lowest BCUT2D eigenvalue weighted by Gasteiger charge is -2.07. The van der Waals surface area contributed by atoms with E-state index in [1.807, 2.05) is 55.5 Å². The van der Waals surface area contributed by atoms with Crippen LogP contribution in [0, 0.1) is 6.92 Å². The van der Waals surface area contributed by atoms with E-state index in [0.717, 1.165) is 22.3 Å². The highest BCUT2D eigenvalue weighted by Crippen LogP contribution is 2.24. The summed E-state index contributed by atoms with van der Waals surface area (Å²) in [7, 11) is 1.28. The Kier molecular flexibility index (Phi) is 4.56. The highest BCUT2D eigenvalue weighted by Gasteiger charge is 2.12. The van der Waals surface area contributed by atoms with Gasteiger partial charge in [-0.2, -0.15) is 5.10 Å². The average molecular weight is 323 g/mol. The van der Waals surface area contributed by atoms with Gasteiger partial charge in [-0.05, 0) is 13.0 Å². The largest absolute Gasteiger partial charge is 0.508 e. The van der Waals surface area contributed by atoms with Crippen LogP contribution in [0.15, 0.2) is 48.5 Å². The van der Waals surface area contributed by atoms with Crippen molar-refractivity contribution < 1.29 is 14.3 Å². The monoisotopic (exact) mass is 323 g/mol. The SMILES string of the molecule is COC(=O)OCc1ccccc1-c1nc(-c2cccc(C)c2)n[nH]1. The lowest BCUT2D eigenvalue weighted by atomic mass is 10.1. The summed E-state index contributed by atoms with van der Waals surface area (Å²) in [4.78, 5) is 15.7. The Morgan fingerprint density at radius 2 is 2.00 bits per heavy atom. The highest BCUT2D eigenvalue weighted by molar-refractivity contribution is 5.65. The molecule has 1 heterocycles. The maximum atomic E-state index is 11.2. The molecule has 1 aromatic heterocycles. The van der Waals surface area contributed by atoms with Crippen molar-refractivity contribution in [2.75, 3.05) is 7.11 Å². The molecule has 6 heteroatoms.